The molecule has 0 aliphatic carbocycles. The maximum absolute atomic E-state index is 12.2. The minimum Gasteiger partial charge on any atom is -0.295 e. The molecule has 1 fully saturated rings. The van der Waals surface area contributed by atoms with Crippen LogP contribution >= 0.6 is 12.6 Å². The number of hydrogen-bond acceptors (Lipinski definition) is 2. The highest BCUT2D eigenvalue weighted by molar-refractivity contribution is 7.81. The van der Waals surface area contributed by atoms with Gasteiger partial charge >= 0.3 is 6.18 Å². The first kappa shape index (κ1) is 13.2. The second kappa shape index (κ2) is 4.53. The van der Waals surface area contributed by atoms with Gasteiger partial charge in [-0.15, -0.1) is 0 Å². The topological polar surface area (TPSA) is 3.24 Å². The van der Waals surface area contributed by atoms with Gasteiger partial charge in [0.15, 0.2) is 0 Å². The molecule has 1 nitrogen and oxygen atoms in total. The summed E-state index contributed by atoms with van der Waals surface area (Å²) in [5.41, 5.74) is 0. The Balaban J connectivity index is 2.50. The van der Waals surface area contributed by atoms with Gasteiger partial charge in [-0.2, -0.15) is 25.8 Å². The molecule has 0 N–H and O–H groups in total. The SMILES string of the molecule is CC(C)(S)[C@H]1CCCN(CC(F)(F)F)C1. The van der Waals surface area contributed by atoms with Crippen LogP contribution in [0.4, 0.5) is 13.2 Å². The molecular weight excluding hydrogens is 223 g/mol. The second-order valence-corrected chi connectivity index (χ2v) is 6.00. The Kier molecular flexibility index (Phi) is 3.98. The average Bonchev–Trinajstić information content (AvgIpc) is 1.99. The molecule has 15 heavy (non-hydrogen) atoms. The number of piperidine rings is 1. The molecule has 90 valence electrons. The molecule has 0 aromatic heterocycles. The number of hydrogen-bond donors (Lipinski definition) is 1. The normalized spacial score (nSPS) is 25.6. The lowest BCUT2D eigenvalue weighted by molar-refractivity contribution is -0.149. The van der Waals surface area contributed by atoms with E-state index in [1.807, 2.05) is 13.8 Å². The van der Waals surface area contributed by atoms with Gasteiger partial charge in [-0.1, -0.05) is 13.8 Å². The van der Waals surface area contributed by atoms with Crippen molar-refractivity contribution in [2.24, 2.45) is 5.92 Å². The zero-order chi connectivity index (χ0) is 11.7. The first-order valence-electron chi connectivity index (χ1n) is 5.20. The molecular formula is C10H18F3NS. The van der Waals surface area contributed by atoms with Crippen LogP contribution in [0.1, 0.15) is 26.7 Å². The van der Waals surface area contributed by atoms with Gasteiger partial charge in [0, 0.05) is 11.3 Å². The monoisotopic (exact) mass is 241 g/mol. The van der Waals surface area contributed by atoms with Crippen molar-refractivity contribution in [1.29, 1.82) is 0 Å². The lowest BCUT2D eigenvalue weighted by atomic mass is 9.87. The van der Waals surface area contributed by atoms with Gasteiger partial charge in [0.05, 0.1) is 6.54 Å². The minimum atomic E-state index is -4.08. The van der Waals surface area contributed by atoms with Crippen LogP contribution < -0.4 is 0 Å². The van der Waals surface area contributed by atoms with Crippen LogP contribution in [0.15, 0.2) is 0 Å². The molecule has 0 bridgehead atoms. The molecule has 0 radical (unpaired) electrons. The summed E-state index contributed by atoms with van der Waals surface area (Å²) < 4.78 is 36.4. The van der Waals surface area contributed by atoms with Crippen LogP contribution in [0, 0.1) is 5.92 Å². The van der Waals surface area contributed by atoms with E-state index >= 15 is 0 Å². The lowest BCUT2D eigenvalue weighted by Gasteiger charge is -2.39. The predicted molar refractivity (Wildman–Crippen MR) is 58.3 cm³/mol. The van der Waals surface area contributed by atoms with Gasteiger partial charge < -0.3 is 0 Å². The summed E-state index contributed by atoms with van der Waals surface area (Å²) in [5, 5.41) is 0. The Labute approximate surface area is 94.4 Å². The zero-order valence-electron chi connectivity index (χ0n) is 9.14. The molecule has 0 spiro atoms. The molecule has 1 heterocycles. The molecule has 1 saturated heterocycles. The van der Waals surface area contributed by atoms with Gasteiger partial charge in [-0.3, -0.25) is 4.90 Å². The number of thiol groups is 1. The van der Waals surface area contributed by atoms with E-state index in [2.05, 4.69) is 12.6 Å². The highest BCUT2D eigenvalue weighted by Crippen LogP contribution is 2.32. The zero-order valence-corrected chi connectivity index (χ0v) is 10.0. The van der Waals surface area contributed by atoms with E-state index in [0.29, 0.717) is 13.1 Å². The molecule has 1 rings (SSSR count). The fourth-order valence-electron chi connectivity index (χ4n) is 2.03. The molecule has 1 aliphatic heterocycles. The minimum absolute atomic E-state index is 0.190. The van der Waals surface area contributed by atoms with Crippen molar-refractivity contribution >= 4 is 12.6 Å². The molecule has 0 saturated carbocycles. The molecule has 0 aromatic carbocycles. The smallest absolute Gasteiger partial charge is 0.295 e. The van der Waals surface area contributed by atoms with Crippen molar-refractivity contribution < 1.29 is 13.2 Å². The van der Waals surface area contributed by atoms with Crippen LogP contribution in [0.2, 0.25) is 0 Å². The van der Waals surface area contributed by atoms with Crippen molar-refractivity contribution in [1.82, 2.24) is 4.90 Å². The first-order valence-corrected chi connectivity index (χ1v) is 5.65. The van der Waals surface area contributed by atoms with E-state index in [4.69, 9.17) is 0 Å². The van der Waals surface area contributed by atoms with Crippen molar-refractivity contribution in [3.05, 3.63) is 0 Å². The third-order valence-corrected chi connectivity index (χ3v) is 3.27. The Morgan fingerprint density at radius 1 is 1.33 bits per heavy atom. The summed E-state index contributed by atoms with van der Waals surface area (Å²) in [6.45, 7) is 4.22. The number of rotatable bonds is 2. The number of alkyl halides is 3. The van der Waals surface area contributed by atoms with Crippen LogP contribution in [-0.4, -0.2) is 35.5 Å². The van der Waals surface area contributed by atoms with Crippen molar-refractivity contribution in [2.45, 2.75) is 37.6 Å². The molecule has 0 amide bonds. The average molecular weight is 241 g/mol. The Morgan fingerprint density at radius 2 is 1.93 bits per heavy atom. The molecule has 0 unspecified atom stereocenters. The van der Waals surface area contributed by atoms with E-state index < -0.39 is 12.7 Å². The predicted octanol–water partition coefficient (Wildman–Crippen LogP) is 2.97. The third-order valence-electron chi connectivity index (χ3n) is 2.91. The highest BCUT2D eigenvalue weighted by atomic mass is 32.1. The van der Waals surface area contributed by atoms with Gasteiger partial charge in [-0.05, 0) is 25.3 Å². The summed E-state index contributed by atoms with van der Waals surface area (Å²) in [6.07, 6.45) is -2.27. The maximum Gasteiger partial charge on any atom is 0.401 e. The number of nitrogens with zero attached hydrogens (tertiary/aromatic N) is 1. The van der Waals surface area contributed by atoms with Gasteiger partial charge in [0.25, 0.3) is 0 Å². The summed E-state index contributed by atoms with van der Waals surface area (Å²) in [6, 6.07) is 0. The van der Waals surface area contributed by atoms with E-state index in [0.717, 1.165) is 12.8 Å². The summed E-state index contributed by atoms with van der Waals surface area (Å²) in [5.74, 6) is 0.247. The largest absolute Gasteiger partial charge is 0.401 e. The summed E-state index contributed by atoms with van der Waals surface area (Å²) in [4.78, 5) is 1.49. The molecule has 1 atom stereocenters. The van der Waals surface area contributed by atoms with Gasteiger partial charge in [-0.25, -0.2) is 0 Å². The quantitative estimate of drug-likeness (QED) is 0.727. The van der Waals surface area contributed by atoms with Crippen LogP contribution in [-0.2, 0) is 0 Å². The Morgan fingerprint density at radius 3 is 2.40 bits per heavy atom. The van der Waals surface area contributed by atoms with Crippen LogP contribution in [0.25, 0.3) is 0 Å². The van der Waals surface area contributed by atoms with E-state index in [1.54, 1.807) is 0 Å². The molecule has 0 aromatic rings. The first-order chi connectivity index (χ1) is 6.68. The second-order valence-electron chi connectivity index (χ2n) is 4.84. The Hall–Kier alpha value is 0.100. The summed E-state index contributed by atoms with van der Waals surface area (Å²) >= 11 is 4.44. The standard InChI is InChI=1S/C10H18F3NS/c1-9(2,15)8-4-3-5-14(6-8)7-10(11,12)13/h8,15H,3-7H2,1-2H3/t8-/m0/s1. The Bertz CT molecular complexity index is 210. The lowest BCUT2D eigenvalue weighted by Crippen LogP contribution is -2.45. The number of halogens is 3. The maximum atomic E-state index is 12.2. The number of likely N-dealkylation sites (tertiary alicyclic amines) is 1. The van der Waals surface area contributed by atoms with E-state index in [9.17, 15) is 13.2 Å². The summed E-state index contributed by atoms with van der Waals surface area (Å²) in [7, 11) is 0. The van der Waals surface area contributed by atoms with Crippen LogP contribution in [0.5, 0.6) is 0 Å². The van der Waals surface area contributed by atoms with Crippen LogP contribution in [0.3, 0.4) is 0 Å². The van der Waals surface area contributed by atoms with Crippen molar-refractivity contribution in [3.8, 4) is 0 Å². The third kappa shape index (κ3) is 4.64. The molecule has 5 heteroatoms. The van der Waals surface area contributed by atoms with Gasteiger partial charge in [0.2, 0.25) is 0 Å². The van der Waals surface area contributed by atoms with Crippen molar-refractivity contribution in [2.75, 3.05) is 19.6 Å². The van der Waals surface area contributed by atoms with E-state index in [-0.39, 0.29) is 10.7 Å². The fourth-order valence-corrected chi connectivity index (χ4v) is 2.24. The van der Waals surface area contributed by atoms with Gasteiger partial charge in [0.1, 0.15) is 0 Å². The molecule has 1 aliphatic rings. The highest BCUT2D eigenvalue weighted by Gasteiger charge is 2.36. The fraction of sp³-hybridized carbons (Fsp3) is 1.00. The van der Waals surface area contributed by atoms with E-state index in [1.165, 1.54) is 4.90 Å². The van der Waals surface area contributed by atoms with Crippen molar-refractivity contribution in [3.63, 3.8) is 0 Å².